The molecule has 0 aliphatic carbocycles. The van der Waals surface area contributed by atoms with Gasteiger partial charge in [-0.05, 0) is 0 Å². The van der Waals surface area contributed by atoms with Crippen molar-refractivity contribution in [2.75, 3.05) is 6.61 Å². The normalized spacial score (nSPS) is 9.20. The van der Waals surface area contributed by atoms with E-state index in [1.807, 2.05) is 0 Å². The van der Waals surface area contributed by atoms with Crippen LogP contribution in [0, 0.1) is 0 Å². The summed E-state index contributed by atoms with van der Waals surface area (Å²) in [4.78, 5) is 13.5. The minimum absolute atomic E-state index is 0.323. The molecule has 0 saturated heterocycles. The molecule has 54 valence electrons. The zero-order valence-corrected chi connectivity index (χ0v) is 5.32. The average Bonchev–Trinajstić information content (AvgIpc) is 2.41. The van der Waals surface area contributed by atoms with E-state index in [-0.39, 0.29) is 0 Å². The van der Waals surface area contributed by atoms with Crippen LogP contribution >= 0.6 is 0 Å². The fourth-order valence-electron chi connectivity index (χ4n) is 0.571. The SMILES string of the molecule is O=COCCc1ncco1. The first-order valence-corrected chi connectivity index (χ1v) is 2.87. The van der Waals surface area contributed by atoms with Gasteiger partial charge in [0.25, 0.3) is 6.47 Å². The molecule has 10 heavy (non-hydrogen) atoms. The Balaban J connectivity index is 2.21. The van der Waals surface area contributed by atoms with Crippen molar-refractivity contribution in [3.63, 3.8) is 0 Å². The van der Waals surface area contributed by atoms with Gasteiger partial charge in [0.2, 0.25) is 0 Å². The Morgan fingerprint density at radius 3 is 3.30 bits per heavy atom. The van der Waals surface area contributed by atoms with Gasteiger partial charge in [0.15, 0.2) is 5.89 Å². The van der Waals surface area contributed by atoms with Gasteiger partial charge in [-0.3, -0.25) is 4.79 Å². The Labute approximate surface area is 57.8 Å². The van der Waals surface area contributed by atoms with Gasteiger partial charge in [0.1, 0.15) is 6.26 Å². The van der Waals surface area contributed by atoms with Gasteiger partial charge in [0, 0.05) is 0 Å². The van der Waals surface area contributed by atoms with Crippen molar-refractivity contribution >= 4 is 6.47 Å². The van der Waals surface area contributed by atoms with E-state index in [2.05, 4.69) is 9.72 Å². The van der Waals surface area contributed by atoms with Crippen molar-refractivity contribution < 1.29 is 13.9 Å². The zero-order chi connectivity index (χ0) is 7.23. The summed E-state index contributed by atoms with van der Waals surface area (Å²) in [5.74, 6) is 0.585. The second-order valence-corrected chi connectivity index (χ2v) is 1.64. The summed E-state index contributed by atoms with van der Waals surface area (Å²) < 4.78 is 9.30. The van der Waals surface area contributed by atoms with Crippen LogP contribution in [0.1, 0.15) is 5.89 Å². The number of hydrogen-bond donors (Lipinski definition) is 0. The van der Waals surface area contributed by atoms with E-state index >= 15 is 0 Å². The van der Waals surface area contributed by atoms with Gasteiger partial charge < -0.3 is 9.15 Å². The molecule has 0 amide bonds. The number of carbonyl (C=O) groups excluding carboxylic acids is 1. The van der Waals surface area contributed by atoms with Gasteiger partial charge in [-0.1, -0.05) is 0 Å². The Morgan fingerprint density at radius 2 is 2.70 bits per heavy atom. The quantitative estimate of drug-likeness (QED) is 0.449. The highest BCUT2D eigenvalue weighted by Gasteiger charge is 1.94. The summed E-state index contributed by atoms with van der Waals surface area (Å²) in [5.41, 5.74) is 0. The van der Waals surface area contributed by atoms with Crippen LogP contribution in [0.15, 0.2) is 16.9 Å². The minimum atomic E-state index is 0.323. The predicted octanol–water partition coefficient (Wildman–Crippen LogP) is 0.390. The molecular weight excluding hydrogens is 134 g/mol. The molecule has 0 unspecified atom stereocenters. The molecule has 0 saturated carbocycles. The smallest absolute Gasteiger partial charge is 0.293 e. The first-order valence-electron chi connectivity index (χ1n) is 2.87. The second-order valence-electron chi connectivity index (χ2n) is 1.64. The molecule has 0 aromatic carbocycles. The molecule has 1 rings (SSSR count). The molecule has 0 bridgehead atoms. The Kier molecular flexibility index (Phi) is 2.49. The van der Waals surface area contributed by atoms with Crippen LogP contribution in [0.5, 0.6) is 0 Å². The van der Waals surface area contributed by atoms with E-state index in [1.165, 1.54) is 6.26 Å². The van der Waals surface area contributed by atoms with Crippen molar-refractivity contribution in [2.24, 2.45) is 0 Å². The van der Waals surface area contributed by atoms with Crippen LogP contribution in [-0.4, -0.2) is 18.1 Å². The lowest BCUT2D eigenvalue weighted by molar-refractivity contribution is -0.128. The van der Waals surface area contributed by atoms with E-state index in [4.69, 9.17) is 4.42 Å². The van der Waals surface area contributed by atoms with Crippen LogP contribution in [-0.2, 0) is 16.0 Å². The highest BCUT2D eigenvalue weighted by Crippen LogP contribution is 1.94. The van der Waals surface area contributed by atoms with Crippen molar-refractivity contribution in [3.8, 4) is 0 Å². The molecule has 1 aromatic rings. The van der Waals surface area contributed by atoms with Crippen molar-refractivity contribution in [1.82, 2.24) is 4.98 Å². The predicted molar refractivity (Wildman–Crippen MR) is 32.2 cm³/mol. The minimum Gasteiger partial charge on any atom is -0.467 e. The largest absolute Gasteiger partial charge is 0.467 e. The maximum Gasteiger partial charge on any atom is 0.293 e. The number of ether oxygens (including phenoxy) is 1. The molecule has 4 heteroatoms. The van der Waals surface area contributed by atoms with E-state index in [9.17, 15) is 4.79 Å². The third-order valence-corrected chi connectivity index (χ3v) is 0.985. The molecule has 0 aliphatic heterocycles. The maximum atomic E-state index is 9.66. The number of rotatable bonds is 4. The van der Waals surface area contributed by atoms with E-state index in [0.717, 1.165) is 0 Å². The topological polar surface area (TPSA) is 52.3 Å². The number of oxazole rings is 1. The monoisotopic (exact) mass is 141 g/mol. The summed E-state index contributed by atoms with van der Waals surface area (Å²) >= 11 is 0. The molecule has 1 aromatic heterocycles. The van der Waals surface area contributed by atoms with Crippen LogP contribution in [0.3, 0.4) is 0 Å². The van der Waals surface area contributed by atoms with Crippen LogP contribution < -0.4 is 0 Å². The maximum absolute atomic E-state index is 9.66. The molecule has 1 heterocycles. The van der Waals surface area contributed by atoms with E-state index in [1.54, 1.807) is 6.20 Å². The van der Waals surface area contributed by atoms with Gasteiger partial charge >= 0.3 is 0 Å². The molecule has 4 nitrogen and oxygen atoms in total. The third-order valence-electron chi connectivity index (χ3n) is 0.985. The van der Waals surface area contributed by atoms with Gasteiger partial charge in [-0.25, -0.2) is 4.98 Å². The highest BCUT2D eigenvalue weighted by atomic mass is 16.5. The third kappa shape index (κ3) is 1.89. The van der Waals surface area contributed by atoms with Crippen LogP contribution in [0.25, 0.3) is 0 Å². The van der Waals surface area contributed by atoms with Crippen LogP contribution in [0.2, 0.25) is 0 Å². The summed E-state index contributed by atoms with van der Waals surface area (Å²) in [5, 5.41) is 0. The summed E-state index contributed by atoms with van der Waals surface area (Å²) in [6.07, 6.45) is 3.57. The highest BCUT2D eigenvalue weighted by molar-refractivity contribution is 5.36. The molecule has 0 aliphatic rings. The van der Waals surface area contributed by atoms with Gasteiger partial charge in [-0.15, -0.1) is 0 Å². The fraction of sp³-hybridized carbons (Fsp3) is 0.333. The first kappa shape index (κ1) is 6.80. The van der Waals surface area contributed by atoms with Crippen molar-refractivity contribution in [1.29, 1.82) is 0 Å². The molecule has 0 fully saturated rings. The number of aromatic nitrogens is 1. The lowest BCUT2D eigenvalue weighted by Crippen LogP contribution is -1.96. The molecule has 0 N–H and O–H groups in total. The standard InChI is InChI=1S/C6H7NO3/c8-5-9-3-1-6-7-2-4-10-6/h2,4-5H,1,3H2. The number of hydrogen-bond acceptors (Lipinski definition) is 4. The van der Waals surface area contributed by atoms with Gasteiger partial charge in [-0.2, -0.15) is 0 Å². The van der Waals surface area contributed by atoms with E-state index in [0.29, 0.717) is 25.4 Å². The van der Waals surface area contributed by atoms with Crippen LogP contribution in [0.4, 0.5) is 0 Å². The van der Waals surface area contributed by atoms with E-state index < -0.39 is 0 Å². The molecular formula is C6H7NO3. The number of nitrogens with zero attached hydrogens (tertiary/aromatic N) is 1. The first-order chi connectivity index (χ1) is 4.93. The lowest BCUT2D eigenvalue weighted by Gasteiger charge is -1.91. The molecule has 0 spiro atoms. The average molecular weight is 141 g/mol. The summed E-state index contributed by atoms with van der Waals surface area (Å²) in [6.45, 7) is 0.729. The Morgan fingerprint density at radius 1 is 1.80 bits per heavy atom. The van der Waals surface area contributed by atoms with Crippen molar-refractivity contribution in [3.05, 3.63) is 18.4 Å². The molecule has 0 atom stereocenters. The van der Waals surface area contributed by atoms with Gasteiger partial charge in [0.05, 0.1) is 19.2 Å². The Bertz CT molecular complexity index is 183. The Hall–Kier alpha value is -1.32. The lowest BCUT2D eigenvalue weighted by atomic mass is 10.5. The summed E-state index contributed by atoms with van der Waals surface area (Å²) in [6, 6.07) is 0. The second kappa shape index (κ2) is 3.66. The summed E-state index contributed by atoms with van der Waals surface area (Å²) in [7, 11) is 0. The fourth-order valence-corrected chi connectivity index (χ4v) is 0.571. The zero-order valence-electron chi connectivity index (χ0n) is 5.32. The van der Waals surface area contributed by atoms with Crippen molar-refractivity contribution in [2.45, 2.75) is 6.42 Å². The number of carbonyl (C=O) groups is 1. The molecule has 0 radical (unpaired) electrons.